The Morgan fingerprint density at radius 3 is 2.58 bits per heavy atom. The van der Waals surface area contributed by atoms with Crippen LogP contribution in [0.5, 0.6) is 0 Å². The lowest BCUT2D eigenvalue weighted by atomic mass is 9.85. The van der Waals surface area contributed by atoms with Crippen molar-refractivity contribution in [2.45, 2.75) is 52.9 Å². The predicted octanol–water partition coefficient (Wildman–Crippen LogP) is 2.80. The van der Waals surface area contributed by atoms with Crippen molar-refractivity contribution in [3.8, 4) is 0 Å². The molecular weight excluding hydrogens is 328 g/mol. The molecule has 2 rings (SSSR count). The van der Waals surface area contributed by atoms with Gasteiger partial charge in [0.25, 0.3) is 5.91 Å². The monoisotopic (exact) mass is 352 g/mol. The molecule has 1 heterocycles. The summed E-state index contributed by atoms with van der Waals surface area (Å²) in [5.41, 5.74) is 6.25. The molecule has 0 aliphatic heterocycles. The molecule has 1 aliphatic carbocycles. The van der Waals surface area contributed by atoms with Crippen molar-refractivity contribution in [1.82, 2.24) is 0 Å². The second-order valence-corrected chi connectivity index (χ2v) is 8.48. The van der Waals surface area contributed by atoms with Crippen LogP contribution in [0.2, 0.25) is 0 Å². The van der Waals surface area contributed by atoms with E-state index in [1.165, 1.54) is 11.3 Å². The molecular formula is C17H24N2O4S. The zero-order valence-electron chi connectivity index (χ0n) is 14.3. The molecule has 1 unspecified atom stereocenters. The molecule has 0 bridgehead atoms. The molecule has 1 aromatic heterocycles. The number of nitrogens with two attached hydrogens (primary N) is 1. The van der Waals surface area contributed by atoms with Gasteiger partial charge in [-0.15, -0.1) is 11.3 Å². The fourth-order valence-electron chi connectivity index (χ4n) is 3.18. The number of amides is 2. The lowest BCUT2D eigenvalue weighted by molar-refractivity contribution is -0.139. The van der Waals surface area contributed by atoms with Crippen LogP contribution in [-0.2, 0) is 22.4 Å². The maximum atomic E-state index is 12.3. The third-order valence-corrected chi connectivity index (χ3v) is 5.45. The Hall–Kier alpha value is -1.89. The maximum Gasteiger partial charge on any atom is 0.303 e. The van der Waals surface area contributed by atoms with Crippen LogP contribution < -0.4 is 11.1 Å². The van der Waals surface area contributed by atoms with Gasteiger partial charge in [0.2, 0.25) is 5.91 Å². The summed E-state index contributed by atoms with van der Waals surface area (Å²) < 4.78 is 0. The summed E-state index contributed by atoms with van der Waals surface area (Å²) in [5.74, 6) is -1.21. The molecule has 1 aliphatic rings. The first-order chi connectivity index (χ1) is 11.1. The predicted molar refractivity (Wildman–Crippen MR) is 93.3 cm³/mol. The molecule has 0 spiro atoms. The van der Waals surface area contributed by atoms with Crippen molar-refractivity contribution in [2.24, 2.45) is 17.1 Å². The van der Waals surface area contributed by atoms with Crippen LogP contribution in [-0.4, -0.2) is 22.9 Å². The first kappa shape index (κ1) is 18.4. The third kappa shape index (κ3) is 4.35. The Morgan fingerprint density at radius 2 is 2.00 bits per heavy atom. The van der Waals surface area contributed by atoms with Gasteiger partial charge in [0, 0.05) is 11.3 Å². The Balaban J connectivity index is 2.19. The summed E-state index contributed by atoms with van der Waals surface area (Å²) in [6, 6.07) is 0. The first-order valence-corrected chi connectivity index (χ1v) is 8.86. The molecule has 6 nitrogen and oxygen atoms in total. The standard InChI is InChI=1S/C17H24N2O4S/c1-9-4-5-10-11(6-9)24-16(14(10)15(18)23)19-12(20)7-17(2,3)8-13(21)22/h9H,4-8H2,1-3H3,(H2,18,23)(H,19,20)(H,21,22). The summed E-state index contributed by atoms with van der Waals surface area (Å²) in [6.45, 7) is 5.63. The van der Waals surface area contributed by atoms with Crippen molar-refractivity contribution in [3.05, 3.63) is 16.0 Å². The number of rotatable bonds is 6. The molecule has 0 radical (unpaired) electrons. The minimum Gasteiger partial charge on any atom is -0.481 e. The highest BCUT2D eigenvalue weighted by Crippen LogP contribution is 2.39. The average Bonchev–Trinajstić information content (AvgIpc) is 2.72. The minimum atomic E-state index is -0.939. The summed E-state index contributed by atoms with van der Waals surface area (Å²) in [4.78, 5) is 36.1. The number of carbonyl (C=O) groups excluding carboxylic acids is 2. The van der Waals surface area contributed by atoms with Gasteiger partial charge in [-0.2, -0.15) is 0 Å². The number of carboxylic acids is 1. The average molecular weight is 352 g/mol. The molecule has 0 fully saturated rings. The Bertz CT molecular complexity index is 678. The Kier molecular flexibility index (Phi) is 5.32. The number of carboxylic acid groups (broad SMARTS) is 1. The van der Waals surface area contributed by atoms with E-state index in [2.05, 4.69) is 12.2 Å². The molecule has 0 saturated carbocycles. The second-order valence-electron chi connectivity index (χ2n) is 7.38. The van der Waals surface area contributed by atoms with Gasteiger partial charge in [-0.05, 0) is 36.2 Å². The van der Waals surface area contributed by atoms with Crippen molar-refractivity contribution >= 4 is 34.1 Å². The van der Waals surface area contributed by atoms with Crippen LogP contribution in [0.25, 0.3) is 0 Å². The largest absolute Gasteiger partial charge is 0.481 e. The molecule has 0 saturated heterocycles. The number of aliphatic carboxylic acids is 1. The van der Waals surface area contributed by atoms with Crippen LogP contribution in [0.4, 0.5) is 5.00 Å². The van der Waals surface area contributed by atoms with E-state index < -0.39 is 17.3 Å². The summed E-state index contributed by atoms with van der Waals surface area (Å²) in [7, 11) is 0. The topological polar surface area (TPSA) is 109 Å². The highest BCUT2D eigenvalue weighted by molar-refractivity contribution is 7.17. The van der Waals surface area contributed by atoms with Crippen LogP contribution >= 0.6 is 11.3 Å². The molecule has 0 aromatic carbocycles. The van der Waals surface area contributed by atoms with E-state index in [-0.39, 0.29) is 18.7 Å². The van der Waals surface area contributed by atoms with Gasteiger partial charge in [0.05, 0.1) is 12.0 Å². The zero-order chi connectivity index (χ0) is 18.1. The number of hydrogen-bond acceptors (Lipinski definition) is 4. The van der Waals surface area contributed by atoms with Gasteiger partial charge in [0.15, 0.2) is 0 Å². The minimum absolute atomic E-state index is 0.0659. The van der Waals surface area contributed by atoms with E-state index in [0.29, 0.717) is 16.5 Å². The number of anilines is 1. The highest BCUT2D eigenvalue weighted by atomic mass is 32.1. The second kappa shape index (κ2) is 6.93. The lowest BCUT2D eigenvalue weighted by Crippen LogP contribution is -2.25. The summed E-state index contributed by atoms with van der Waals surface area (Å²) in [6.07, 6.45) is 2.66. The molecule has 7 heteroatoms. The normalized spacial score (nSPS) is 17.2. The van der Waals surface area contributed by atoms with E-state index in [0.717, 1.165) is 29.7 Å². The number of fused-ring (bicyclic) bond motifs is 1. The van der Waals surface area contributed by atoms with Gasteiger partial charge >= 0.3 is 5.97 Å². The van der Waals surface area contributed by atoms with Gasteiger partial charge < -0.3 is 16.2 Å². The fraction of sp³-hybridized carbons (Fsp3) is 0.588. The van der Waals surface area contributed by atoms with Crippen LogP contribution in [0.15, 0.2) is 0 Å². The molecule has 1 atom stereocenters. The summed E-state index contributed by atoms with van der Waals surface area (Å²) >= 11 is 1.41. The van der Waals surface area contributed by atoms with Crippen LogP contribution in [0.1, 0.15) is 60.8 Å². The number of primary amides is 1. The Labute approximate surface area is 145 Å². The number of carbonyl (C=O) groups is 3. The van der Waals surface area contributed by atoms with E-state index in [1.54, 1.807) is 13.8 Å². The van der Waals surface area contributed by atoms with Crippen molar-refractivity contribution in [1.29, 1.82) is 0 Å². The number of hydrogen-bond donors (Lipinski definition) is 3. The smallest absolute Gasteiger partial charge is 0.303 e. The summed E-state index contributed by atoms with van der Waals surface area (Å²) in [5, 5.41) is 12.2. The molecule has 24 heavy (non-hydrogen) atoms. The van der Waals surface area contributed by atoms with E-state index >= 15 is 0 Å². The van der Waals surface area contributed by atoms with E-state index in [1.807, 2.05) is 0 Å². The van der Waals surface area contributed by atoms with Crippen molar-refractivity contribution in [3.63, 3.8) is 0 Å². The third-order valence-electron chi connectivity index (χ3n) is 4.28. The maximum absolute atomic E-state index is 12.3. The first-order valence-electron chi connectivity index (χ1n) is 8.05. The van der Waals surface area contributed by atoms with Gasteiger partial charge in [0.1, 0.15) is 5.00 Å². The number of nitrogens with one attached hydrogen (secondary N) is 1. The zero-order valence-corrected chi connectivity index (χ0v) is 15.1. The SMILES string of the molecule is CC1CCc2c(sc(NC(=O)CC(C)(C)CC(=O)O)c2C(N)=O)C1. The Morgan fingerprint density at radius 1 is 1.33 bits per heavy atom. The van der Waals surface area contributed by atoms with Gasteiger partial charge in [-0.3, -0.25) is 14.4 Å². The van der Waals surface area contributed by atoms with Crippen molar-refractivity contribution in [2.75, 3.05) is 5.32 Å². The number of thiophene rings is 1. The quantitative estimate of drug-likeness (QED) is 0.731. The molecule has 1 aromatic rings. The molecule has 2 amide bonds. The van der Waals surface area contributed by atoms with Crippen LogP contribution in [0.3, 0.4) is 0 Å². The van der Waals surface area contributed by atoms with Gasteiger partial charge in [-0.1, -0.05) is 20.8 Å². The fourth-order valence-corrected chi connectivity index (χ4v) is 4.61. The lowest BCUT2D eigenvalue weighted by Gasteiger charge is -2.21. The van der Waals surface area contributed by atoms with Gasteiger partial charge in [-0.25, -0.2) is 0 Å². The molecule has 132 valence electrons. The highest BCUT2D eigenvalue weighted by Gasteiger charge is 2.29. The van der Waals surface area contributed by atoms with Crippen molar-refractivity contribution < 1.29 is 19.5 Å². The van der Waals surface area contributed by atoms with E-state index in [9.17, 15) is 14.4 Å². The molecule has 4 N–H and O–H groups in total. The van der Waals surface area contributed by atoms with E-state index in [4.69, 9.17) is 10.8 Å². The van der Waals surface area contributed by atoms with Crippen LogP contribution in [0, 0.1) is 11.3 Å².